The Morgan fingerprint density at radius 1 is 1.41 bits per heavy atom. The van der Waals surface area contributed by atoms with Gasteiger partial charge in [-0.2, -0.15) is 0 Å². The van der Waals surface area contributed by atoms with Crippen molar-refractivity contribution < 1.29 is 9.90 Å². The van der Waals surface area contributed by atoms with Crippen LogP contribution in [-0.2, 0) is 0 Å². The zero-order valence-electron chi connectivity index (χ0n) is 10.4. The van der Waals surface area contributed by atoms with Crippen molar-refractivity contribution in [2.24, 2.45) is 0 Å². The van der Waals surface area contributed by atoms with E-state index >= 15 is 0 Å². The van der Waals surface area contributed by atoms with Gasteiger partial charge in [0, 0.05) is 25.4 Å². The van der Waals surface area contributed by atoms with Crippen LogP contribution in [0.1, 0.15) is 30.1 Å². The summed E-state index contributed by atoms with van der Waals surface area (Å²) in [6.07, 6.45) is 1.49. The Labute approximate surface area is 102 Å². The summed E-state index contributed by atoms with van der Waals surface area (Å²) in [5, 5.41) is 14.6. The Bertz CT molecular complexity index is 366. The summed E-state index contributed by atoms with van der Waals surface area (Å²) in [5.74, 6) is -0.0830. The first-order chi connectivity index (χ1) is 8.19. The SMILES string of the molecule is CNc1ccccc1C(=O)NC(C)CCCO. The summed E-state index contributed by atoms with van der Waals surface area (Å²) < 4.78 is 0. The second-order valence-corrected chi connectivity index (χ2v) is 4.04. The molecule has 1 unspecified atom stereocenters. The lowest BCUT2D eigenvalue weighted by molar-refractivity contribution is 0.0937. The molecule has 0 aromatic heterocycles. The number of anilines is 1. The van der Waals surface area contributed by atoms with E-state index in [2.05, 4.69) is 10.6 Å². The maximum Gasteiger partial charge on any atom is 0.253 e. The predicted molar refractivity (Wildman–Crippen MR) is 69.2 cm³/mol. The first kappa shape index (κ1) is 13.5. The quantitative estimate of drug-likeness (QED) is 0.703. The van der Waals surface area contributed by atoms with E-state index < -0.39 is 0 Å². The number of hydrogen-bond acceptors (Lipinski definition) is 3. The maximum atomic E-state index is 12.0. The summed E-state index contributed by atoms with van der Waals surface area (Å²) in [7, 11) is 1.79. The molecule has 94 valence electrons. The lowest BCUT2D eigenvalue weighted by atomic mass is 10.1. The van der Waals surface area contributed by atoms with E-state index in [4.69, 9.17) is 5.11 Å². The van der Waals surface area contributed by atoms with Crippen molar-refractivity contribution >= 4 is 11.6 Å². The average molecular weight is 236 g/mol. The van der Waals surface area contributed by atoms with E-state index in [-0.39, 0.29) is 18.6 Å². The molecule has 3 N–H and O–H groups in total. The highest BCUT2D eigenvalue weighted by Gasteiger charge is 2.12. The first-order valence-corrected chi connectivity index (χ1v) is 5.87. The molecule has 4 heteroatoms. The smallest absolute Gasteiger partial charge is 0.253 e. The van der Waals surface area contributed by atoms with Crippen molar-refractivity contribution in [3.8, 4) is 0 Å². The van der Waals surface area contributed by atoms with Crippen LogP contribution in [0.3, 0.4) is 0 Å². The van der Waals surface area contributed by atoms with Crippen LogP contribution in [-0.4, -0.2) is 30.7 Å². The molecule has 0 aliphatic rings. The van der Waals surface area contributed by atoms with Gasteiger partial charge in [-0.25, -0.2) is 0 Å². The molecule has 1 amide bonds. The molecule has 0 saturated heterocycles. The Balaban J connectivity index is 2.63. The number of carbonyl (C=O) groups is 1. The van der Waals surface area contributed by atoms with Gasteiger partial charge in [-0.3, -0.25) is 4.79 Å². The number of nitrogens with one attached hydrogen (secondary N) is 2. The molecule has 1 atom stereocenters. The van der Waals surface area contributed by atoms with Gasteiger partial charge >= 0.3 is 0 Å². The molecule has 4 nitrogen and oxygen atoms in total. The summed E-state index contributed by atoms with van der Waals surface area (Å²) in [6, 6.07) is 7.46. The fraction of sp³-hybridized carbons (Fsp3) is 0.462. The third kappa shape index (κ3) is 4.07. The molecule has 0 fully saturated rings. The van der Waals surface area contributed by atoms with Crippen molar-refractivity contribution in [2.45, 2.75) is 25.8 Å². The first-order valence-electron chi connectivity index (χ1n) is 5.87. The summed E-state index contributed by atoms with van der Waals surface area (Å²) in [5.41, 5.74) is 1.46. The summed E-state index contributed by atoms with van der Waals surface area (Å²) in [4.78, 5) is 12.0. The summed E-state index contributed by atoms with van der Waals surface area (Å²) in [6.45, 7) is 2.10. The zero-order valence-corrected chi connectivity index (χ0v) is 10.4. The second-order valence-electron chi connectivity index (χ2n) is 4.04. The van der Waals surface area contributed by atoms with Gasteiger partial charge in [0.15, 0.2) is 0 Å². The van der Waals surface area contributed by atoms with Gasteiger partial charge in [-0.15, -0.1) is 0 Å². The Kier molecular flexibility index (Phi) is 5.49. The van der Waals surface area contributed by atoms with E-state index in [1.165, 1.54) is 0 Å². The standard InChI is InChI=1S/C13H20N2O2/c1-10(6-5-9-16)15-13(17)11-7-3-4-8-12(11)14-2/h3-4,7-8,10,14,16H,5-6,9H2,1-2H3,(H,15,17). The Morgan fingerprint density at radius 3 is 2.76 bits per heavy atom. The van der Waals surface area contributed by atoms with Crippen molar-refractivity contribution in [1.82, 2.24) is 5.32 Å². The van der Waals surface area contributed by atoms with Crippen molar-refractivity contribution in [1.29, 1.82) is 0 Å². The molecule has 0 aliphatic heterocycles. The third-order valence-corrected chi connectivity index (χ3v) is 2.61. The largest absolute Gasteiger partial charge is 0.396 e. The summed E-state index contributed by atoms with van der Waals surface area (Å²) >= 11 is 0. The van der Waals surface area contributed by atoms with Gasteiger partial charge < -0.3 is 15.7 Å². The minimum atomic E-state index is -0.0830. The lowest BCUT2D eigenvalue weighted by Crippen LogP contribution is -2.33. The highest BCUT2D eigenvalue weighted by Crippen LogP contribution is 2.14. The number of para-hydroxylation sites is 1. The number of hydrogen-bond donors (Lipinski definition) is 3. The molecule has 17 heavy (non-hydrogen) atoms. The van der Waals surface area contributed by atoms with Gasteiger partial charge in [0.1, 0.15) is 0 Å². The van der Waals surface area contributed by atoms with Gasteiger partial charge in [-0.05, 0) is 31.9 Å². The van der Waals surface area contributed by atoms with E-state index in [0.29, 0.717) is 12.0 Å². The molecule has 0 saturated carbocycles. The minimum Gasteiger partial charge on any atom is -0.396 e. The van der Waals surface area contributed by atoms with Crippen molar-refractivity contribution in [3.63, 3.8) is 0 Å². The fourth-order valence-electron chi connectivity index (χ4n) is 1.67. The Morgan fingerprint density at radius 2 is 2.12 bits per heavy atom. The third-order valence-electron chi connectivity index (χ3n) is 2.61. The maximum absolute atomic E-state index is 12.0. The molecule has 0 radical (unpaired) electrons. The van der Waals surface area contributed by atoms with E-state index in [9.17, 15) is 4.79 Å². The average Bonchev–Trinajstić information content (AvgIpc) is 2.36. The van der Waals surface area contributed by atoms with Crippen LogP contribution in [0, 0.1) is 0 Å². The number of rotatable bonds is 6. The number of aliphatic hydroxyl groups excluding tert-OH is 1. The Hall–Kier alpha value is -1.55. The molecule has 0 bridgehead atoms. The predicted octanol–water partition coefficient (Wildman–Crippen LogP) is 1.62. The van der Waals surface area contributed by atoms with Crippen LogP contribution in [0.5, 0.6) is 0 Å². The zero-order chi connectivity index (χ0) is 12.7. The van der Waals surface area contributed by atoms with Gasteiger partial charge in [0.25, 0.3) is 5.91 Å². The van der Waals surface area contributed by atoms with Crippen molar-refractivity contribution in [3.05, 3.63) is 29.8 Å². The second kappa shape index (κ2) is 6.91. The highest BCUT2D eigenvalue weighted by molar-refractivity contribution is 5.99. The normalized spacial score (nSPS) is 11.9. The molecule has 1 aromatic carbocycles. The molecule has 0 aliphatic carbocycles. The molecule has 0 heterocycles. The lowest BCUT2D eigenvalue weighted by Gasteiger charge is -2.15. The van der Waals surface area contributed by atoms with E-state index in [1.54, 1.807) is 13.1 Å². The molecule has 0 spiro atoms. The van der Waals surface area contributed by atoms with Gasteiger partial charge in [0.05, 0.1) is 5.56 Å². The van der Waals surface area contributed by atoms with E-state index in [1.807, 2.05) is 25.1 Å². The number of benzene rings is 1. The van der Waals surface area contributed by atoms with Crippen molar-refractivity contribution in [2.75, 3.05) is 19.0 Å². The molecule has 1 rings (SSSR count). The van der Waals surface area contributed by atoms with Gasteiger partial charge in [-0.1, -0.05) is 12.1 Å². The number of carbonyl (C=O) groups excluding carboxylic acids is 1. The monoisotopic (exact) mass is 236 g/mol. The van der Waals surface area contributed by atoms with Crippen LogP contribution in [0.15, 0.2) is 24.3 Å². The number of aliphatic hydroxyl groups is 1. The molecular weight excluding hydrogens is 216 g/mol. The van der Waals surface area contributed by atoms with Crippen LogP contribution in [0.2, 0.25) is 0 Å². The van der Waals surface area contributed by atoms with Gasteiger partial charge in [0.2, 0.25) is 0 Å². The minimum absolute atomic E-state index is 0.0690. The highest BCUT2D eigenvalue weighted by atomic mass is 16.2. The van der Waals surface area contributed by atoms with Crippen LogP contribution in [0.4, 0.5) is 5.69 Å². The van der Waals surface area contributed by atoms with Crippen LogP contribution in [0.25, 0.3) is 0 Å². The fourth-order valence-corrected chi connectivity index (χ4v) is 1.67. The van der Waals surface area contributed by atoms with E-state index in [0.717, 1.165) is 12.1 Å². The number of amides is 1. The molecule has 1 aromatic rings. The topological polar surface area (TPSA) is 61.4 Å². The van der Waals surface area contributed by atoms with Crippen LogP contribution >= 0.6 is 0 Å². The van der Waals surface area contributed by atoms with Crippen LogP contribution < -0.4 is 10.6 Å². The molecular formula is C13H20N2O2.